The van der Waals surface area contributed by atoms with E-state index in [0.717, 1.165) is 54.9 Å². The van der Waals surface area contributed by atoms with Gasteiger partial charge in [-0.15, -0.1) is 0 Å². The first-order valence-electron chi connectivity index (χ1n) is 12.4. The van der Waals surface area contributed by atoms with E-state index in [2.05, 4.69) is 56.3 Å². The lowest BCUT2D eigenvalue weighted by molar-refractivity contribution is -0.00128. The highest BCUT2D eigenvalue weighted by atomic mass is 32.2. The lowest BCUT2D eigenvalue weighted by Gasteiger charge is -2.45. The van der Waals surface area contributed by atoms with Gasteiger partial charge in [-0.1, -0.05) is 108 Å². The minimum atomic E-state index is -1.31. The summed E-state index contributed by atoms with van der Waals surface area (Å²) in [4.78, 5) is 10.6. The van der Waals surface area contributed by atoms with E-state index in [1.54, 1.807) is 18.9 Å². The van der Waals surface area contributed by atoms with Crippen molar-refractivity contribution in [2.24, 2.45) is 9.98 Å². The summed E-state index contributed by atoms with van der Waals surface area (Å²) in [6.07, 6.45) is 0. The molecule has 4 aliphatic rings. The minimum Gasteiger partial charge on any atom is -0.381 e. The number of aliphatic imine (C=N–C) groups is 2. The first kappa shape index (κ1) is 23.2. The maximum Gasteiger partial charge on any atom is 0.141 e. The van der Waals surface area contributed by atoms with Gasteiger partial charge in [-0.05, 0) is 25.0 Å². The Bertz CT molecular complexity index is 1580. The largest absolute Gasteiger partial charge is 0.381 e. The van der Waals surface area contributed by atoms with E-state index in [-0.39, 0.29) is 6.61 Å². The highest BCUT2D eigenvalue weighted by Gasteiger charge is 2.65. The topological polar surface area (TPSA) is 54.2 Å². The zero-order valence-corrected chi connectivity index (χ0v) is 22.5. The molecule has 0 saturated carbocycles. The second-order valence-electron chi connectivity index (χ2n) is 10.1. The van der Waals surface area contributed by atoms with Crippen LogP contribution < -0.4 is 0 Å². The van der Waals surface area contributed by atoms with Crippen LogP contribution in [0.2, 0.25) is 0 Å². The lowest BCUT2D eigenvalue weighted by atomic mass is 9.75. The molecule has 0 spiro atoms. The number of rotatable bonds is 4. The molecule has 7 rings (SSSR count). The summed E-state index contributed by atoms with van der Waals surface area (Å²) in [5, 5.41) is 14.4. The Balaban J connectivity index is 1.56. The van der Waals surface area contributed by atoms with Gasteiger partial charge in [-0.3, -0.25) is 0 Å². The van der Waals surface area contributed by atoms with Crippen molar-refractivity contribution in [3.8, 4) is 0 Å². The second-order valence-corrected chi connectivity index (χ2v) is 12.9. The highest BCUT2D eigenvalue weighted by molar-refractivity contribution is 8.20. The molecule has 3 atom stereocenters. The maximum absolute atomic E-state index is 12.4. The van der Waals surface area contributed by atoms with E-state index in [1.165, 1.54) is 0 Å². The van der Waals surface area contributed by atoms with E-state index in [9.17, 15) is 5.11 Å². The fraction of sp³-hybridized carbons (Fsp3) is 0.226. The molecule has 0 aromatic heterocycles. The predicted octanol–water partition coefficient (Wildman–Crippen LogP) is 6.42. The van der Waals surface area contributed by atoms with Gasteiger partial charge in [0.05, 0.1) is 27.5 Å². The Morgan fingerprint density at radius 2 is 1.24 bits per heavy atom. The van der Waals surface area contributed by atoms with Gasteiger partial charge in [0.25, 0.3) is 0 Å². The van der Waals surface area contributed by atoms with Crippen LogP contribution in [-0.4, -0.2) is 38.4 Å². The van der Waals surface area contributed by atoms with E-state index in [1.807, 2.05) is 54.2 Å². The fourth-order valence-electron chi connectivity index (χ4n) is 6.05. The van der Waals surface area contributed by atoms with Gasteiger partial charge in [-0.2, -0.15) is 0 Å². The number of methoxy groups -OCH3 is 1. The van der Waals surface area contributed by atoms with E-state index in [4.69, 9.17) is 14.7 Å². The number of aliphatic hydroxyl groups is 1. The molecule has 184 valence electrons. The zero-order valence-electron chi connectivity index (χ0n) is 20.9. The minimum absolute atomic E-state index is 0.148. The van der Waals surface area contributed by atoms with E-state index >= 15 is 0 Å². The molecule has 0 saturated heterocycles. The van der Waals surface area contributed by atoms with Crippen LogP contribution in [0.1, 0.15) is 36.1 Å². The fourth-order valence-corrected chi connectivity index (χ4v) is 8.92. The molecule has 0 amide bonds. The predicted molar refractivity (Wildman–Crippen MR) is 154 cm³/mol. The molecule has 3 aromatic carbocycles. The van der Waals surface area contributed by atoms with Crippen molar-refractivity contribution in [3.63, 3.8) is 0 Å². The third kappa shape index (κ3) is 3.01. The number of fused-ring (bicyclic) bond motifs is 6. The molecule has 3 aromatic rings. The third-order valence-electron chi connectivity index (χ3n) is 8.02. The van der Waals surface area contributed by atoms with Gasteiger partial charge < -0.3 is 9.84 Å². The van der Waals surface area contributed by atoms with Crippen LogP contribution in [0.25, 0.3) is 5.57 Å². The monoisotopic (exact) mass is 522 g/mol. The molecule has 4 nitrogen and oxygen atoms in total. The second kappa shape index (κ2) is 8.05. The normalized spacial score (nSPS) is 29.5. The van der Waals surface area contributed by atoms with Crippen molar-refractivity contribution in [2.75, 3.05) is 13.7 Å². The van der Waals surface area contributed by atoms with Crippen LogP contribution in [0.5, 0.6) is 0 Å². The highest BCUT2D eigenvalue weighted by Crippen LogP contribution is 2.69. The molecule has 0 bridgehead atoms. The molecule has 1 N–H and O–H groups in total. The van der Waals surface area contributed by atoms with Gasteiger partial charge >= 0.3 is 0 Å². The van der Waals surface area contributed by atoms with Crippen molar-refractivity contribution in [1.29, 1.82) is 0 Å². The van der Waals surface area contributed by atoms with Gasteiger partial charge in [0.15, 0.2) is 0 Å². The molecule has 0 fully saturated rings. The molecule has 2 heterocycles. The molecule has 6 heteroatoms. The Labute approximate surface area is 225 Å². The Morgan fingerprint density at radius 3 is 1.84 bits per heavy atom. The smallest absolute Gasteiger partial charge is 0.141 e. The Kier molecular flexibility index (Phi) is 5.05. The van der Waals surface area contributed by atoms with Crippen LogP contribution in [0.3, 0.4) is 0 Å². The van der Waals surface area contributed by atoms with Gasteiger partial charge in [0, 0.05) is 29.4 Å². The zero-order chi connectivity index (χ0) is 25.4. The standard InChI is InChI=1S/C31H26N2O2S2/c1-29-25(32-27(36-29)19-12-6-4-7-13-19)23-21-16-10-11-17-22(21)31(34,18-35-3)24(23)26-30(29,2)37-28(33-26)20-14-8-5-9-15-20/h4-17,34H,18H2,1-3H3/t29-,30-,31-/m1/s1. The molecular formula is C31H26N2O2S2. The number of ether oxygens (including phenoxy) is 1. The number of hydrogen-bond acceptors (Lipinski definition) is 6. The molecule has 2 aliphatic carbocycles. The average molecular weight is 523 g/mol. The summed E-state index contributed by atoms with van der Waals surface area (Å²) >= 11 is 3.59. The van der Waals surface area contributed by atoms with Gasteiger partial charge in [0.1, 0.15) is 15.7 Å². The van der Waals surface area contributed by atoms with Gasteiger partial charge in [0.2, 0.25) is 0 Å². The van der Waals surface area contributed by atoms with Gasteiger partial charge in [-0.25, -0.2) is 9.98 Å². The van der Waals surface area contributed by atoms with E-state index < -0.39 is 15.1 Å². The molecule has 0 radical (unpaired) electrons. The third-order valence-corrected chi connectivity index (χ3v) is 11.2. The quantitative estimate of drug-likeness (QED) is 0.430. The lowest BCUT2D eigenvalue weighted by Crippen LogP contribution is -2.49. The van der Waals surface area contributed by atoms with Crippen LogP contribution >= 0.6 is 23.5 Å². The summed E-state index contributed by atoms with van der Waals surface area (Å²) in [5.74, 6) is 0. The van der Waals surface area contributed by atoms with Crippen LogP contribution in [0.4, 0.5) is 0 Å². The summed E-state index contributed by atoms with van der Waals surface area (Å²) in [6.45, 7) is 4.71. The van der Waals surface area contributed by atoms with Crippen molar-refractivity contribution in [3.05, 3.63) is 124 Å². The number of nitrogens with zero attached hydrogens (tertiary/aromatic N) is 2. The Morgan fingerprint density at radius 1 is 0.730 bits per heavy atom. The maximum atomic E-state index is 12.4. The average Bonchev–Trinajstić information content (AvgIpc) is 3.55. The SMILES string of the molecule is COC[C@]1(O)C2=C3N=C(c4ccccc4)S[C@@]3(C)[C@]3(C)SC(c4ccccc4)=NC3=C2c2ccccc21. The summed E-state index contributed by atoms with van der Waals surface area (Å²) in [6, 6.07) is 28.8. The first-order valence-corrected chi connectivity index (χ1v) is 14.0. The number of hydrogen-bond donors (Lipinski definition) is 1. The first-order chi connectivity index (χ1) is 17.9. The molecule has 37 heavy (non-hydrogen) atoms. The van der Waals surface area contributed by atoms with Crippen molar-refractivity contribution in [1.82, 2.24) is 0 Å². The van der Waals surface area contributed by atoms with E-state index in [0.29, 0.717) is 0 Å². The summed E-state index contributed by atoms with van der Waals surface area (Å²) in [7, 11) is 1.64. The van der Waals surface area contributed by atoms with Crippen molar-refractivity contribution >= 4 is 39.2 Å². The molecular weight excluding hydrogens is 496 g/mol. The summed E-state index contributed by atoms with van der Waals surface area (Å²) < 4.78 is 4.79. The molecule has 2 aliphatic heterocycles. The van der Waals surface area contributed by atoms with Crippen LogP contribution in [0, 0.1) is 0 Å². The molecule has 0 unspecified atom stereocenters. The summed E-state index contributed by atoms with van der Waals surface area (Å²) in [5.41, 5.74) is 6.52. The van der Waals surface area contributed by atoms with Crippen LogP contribution in [0.15, 0.2) is 112 Å². The van der Waals surface area contributed by atoms with Crippen molar-refractivity contribution in [2.45, 2.75) is 28.9 Å². The number of thioether (sulfide) groups is 2. The van der Waals surface area contributed by atoms with Crippen LogP contribution in [-0.2, 0) is 10.3 Å². The number of benzene rings is 3. The van der Waals surface area contributed by atoms with Crippen molar-refractivity contribution < 1.29 is 9.84 Å². The Hall–Kier alpha value is -2.90.